The molecular weight excluding hydrogens is 444 g/mol. The largest absolute Gasteiger partial charge is 0.507 e. The lowest BCUT2D eigenvalue weighted by Gasteiger charge is -2.13. The van der Waals surface area contributed by atoms with Gasteiger partial charge in [-0.1, -0.05) is 12.8 Å². The van der Waals surface area contributed by atoms with Crippen molar-refractivity contribution in [1.29, 1.82) is 0 Å². The van der Waals surface area contributed by atoms with Gasteiger partial charge in [0.1, 0.15) is 11.5 Å². The van der Waals surface area contributed by atoms with Gasteiger partial charge in [0.05, 0.1) is 18.0 Å². The third-order valence-corrected chi connectivity index (χ3v) is 6.07. The van der Waals surface area contributed by atoms with Crippen LogP contribution in [0.4, 0.5) is 10.5 Å². The van der Waals surface area contributed by atoms with Crippen LogP contribution in [-0.4, -0.2) is 39.5 Å². The fourth-order valence-corrected chi connectivity index (χ4v) is 4.40. The van der Waals surface area contributed by atoms with Crippen molar-refractivity contribution in [1.82, 2.24) is 15.1 Å². The zero-order chi connectivity index (χ0) is 24.9. The number of hydrogen-bond acceptors (Lipinski definition) is 5. The Morgan fingerprint density at radius 1 is 1.11 bits per heavy atom. The Hall–Kier alpha value is -3.81. The maximum absolute atomic E-state index is 12.9. The molecule has 3 aromatic rings. The van der Waals surface area contributed by atoms with Gasteiger partial charge in [0.25, 0.3) is 5.91 Å². The normalized spacial score (nSPS) is 13.7. The Morgan fingerprint density at radius 2 is 1.83 bits per heavy atom. The van der Waals surface area contributed by atoms with Crippen molar-refractivity contribution in [2.24, 2.45) is 0 Å². The van der Waals surface area contributed by atoms with Crippen LogP contribution in [0.1, 0.15) is 68.4 Å². The molecule has 2 aromatic carbocycles. The number of rotatable bonds is 7. The molecule has 8 heteroatoms. The maximum Gasteiger partial charge on any atom is 0.342 e. The van der Waals surface area contributed by atoms with Crippen LogP contribution in [-0.2, 0) is 0 Å². The molecule has 184 valence electrons. The lowest BCUT2D eigenvalue weighted by Crippen LogP contribution is -2.35. The summed E-state index contributed by atoms with van der Waals surface area (Å²) in [6.07, 6.45) is 4.25. The van der Waals surface area contributed by atoms with Crippen molar-refractivity contribution in [3.63, 3.8) is 0 Å². The third-order valence-electron chi connectivity index (χ3n) is 6.07. The van der Waals surface area contributed by atoms with E-state index < -0.39 is 0 Å². The first-order valence-electron chi connectivity index (χ1n) is 12.1. The number of carbonyl (C=O) groups is 2. The standard InChI is InChI=1S/C27H32N4O4/c1-4-35-21-12-9-19(10-13-21)26(33)29-20-11-14-25(32)22(15-20)23-16-24(18-7-5-6-8-18)31(30-23)27(34)28-17(2)3/h9-18,32H,4-8H2,1-3H3,(H,28,34)(H,29,33). The lowest BCUT2D eigenvalue weighted by molar-refractivity contribution is 0.102. The Morgan fingerprint density at radius 3 is 2.49 bits per heavy atom. The average molecular weight is 477 g/mol. The van der Waals surface area contributed by atoms with Crippen molar-refractivity contribution in [2.45, 2.75) is 58.4 Å². The molecular formula is C27H32N4O4. The summed E-state index contributed by atoms with van der Waals surface area (Å²) in [5.41, 5.74) is 2.78. The first-order valence-corrected chi connectivity index (χ1v) is 12.1. The molecule has 1 aromatic heterocycles. The number of nitrogens with zero attached hydrogens (tertiary/aromatic N) is 2. The molecule has 4 rings (SSSR count). The van der Waals surface area contributed by atoms with Crippen LogP contribution in [0.5, 0.6) is 11.5 Å². The summed E-state index contributed by atoms with van der Waals surface area (Å²) in [5, 5.41) is 20.9. The van der Waals surface area contributed by atoms with Crippen molar-refractivity contribution in [3.8, 4) is 22.8 Å². The van der Waals surface area contributed by atoms with Crippen molar-refractivity contribution in [2.75, 3.05) is 11.9 Å². The molecule has 1 fully saturated rings. The zero-order valence-corrected chi connectivity index (χ0v) is 20.4. The fourth-order valence-electron chi connectivity index (χ4n) is 4.40. The number of benzene rings is 2. The number of anilines is 1. The SMILES string of the molecule is CCOc1ccc(C(=O)Nc2ccc(O)c(-c3cc(C4CCCC4)n(C(=O)NC(C)C)n3)c2)cc1. The number of ether oxygens (including phenoxy) is 1. The minimum atomic E-state index is -0.285. The van der Waals surface area contributed by atoms with Crippen LogP contribution >= 0.6 is 0 Å². The van der Waals surface area contributed by atoms with E-state index in [9.17, 15) is 14.7 Å². The van der Waals surface area contributed by atoms with Gasteiger partial charge in [-0.2, -0.15) is 9.78 Å². The van der Waals surface area contributed by atoms with E-state index in [0.717, 1.165) is 31.4 Å². The summed E-state index contributed by atoms with van der Waals surface area (Å²) in [6.45, 7) is 6.26. The van der Waals surface area contributed by atoms with Crippen LogP contribution < -0.4 is 15.4 Å². The molecule has 0 unspecified atom stereocenters. The summed E-state index contributed by atoms with van der Waals surface area (Å²) in [5.74, 6) is 0.694. The van der Waals surface area contributed by atoms with Gasteiger partial charge >= 0.3 is 6.03 Å². The van der Waals surface area contributed by atoms with Gasteiger partial charge in [-0.15, -0.1) is 0 Å². The molecule has 2 amide bonds. The van der Waals surface area contributed by atoms with Crippen molar-refractivity contribution >= 4 is 17.6 Å². The Bertz CT molecular complexity index is 1190. The smallest absolute Gasteiger partial charge is 0.342 e. The molecule has 1 saturated carbocycles. The summed E-state index contributed by atoms with van der Waals surface area (Å²) in [7, 11) is 0. The minimum Gasteiger partial charge on any atom is -0.507 e. The molecule has 3 N–H and O–H groups in total. The number of phenolic OH excluding ortho intramolecular Hbond substituents is 1. The monoisotopic (exact) mass is 476 g/mol. The van der Waals surface area contributed by atoms with Crippen molar-refractivity contribution < 1.29 is 19.4 Å². The van der Waals surface area contributed by atoms with Gasteiger partial charge in [0, 0.05) is 28.8 Å². The number of aromatic nitrogens is 2. The highest BCUT2D eigenvalue weighted by atomic mass is 16.5. The van der Waals surface area contributed by atoms with E-state index in [1.54, 1.807) is 36.4 Å². The second kappa shape index (κ2) is 10.6. The van der Waals surface area contributed by atoms with E-state index in [1.165, 1.54) is 10.7 Å². The van der Waals surface area contributed by atoms with Crippen LogP contribution in [0.25, 0.3) is 11.3 Å². The van der Waals surface area contributed by atoms with Gasteiger partial charge in [-0.3, -0.25) is 4.79 Å². The number of nitrogens with one attached hydrogen (secondary N) is 2. The molecule has 8 nitrogen and oxygen atoms in total. The second-order valence-corrected chi connectivity index (χ2v) is 9.10. The molecule has 1 heterocycles. The summed E-state index contributed by atoms with van der Waals surface area (Å²) in [4.78, 5) is 25.6. The van der Waals surface area contributed by atoms with E-state index in [-0.39, 0.29) is 29.6 Å². The van der Waals surface area contributed by atoms with Crippen LogP contribution in [0.2, 0.25) is 0 Å². The predicted octanol–water partition coefficient (Wildman–Crippen LogP) is 5.53. The van der Waals surface area contributed by atoms with E-state index in [2.05, 4.69) is 15.7 Å². The highest BCUT2D eigenvalue weighted by Crippen LogP contribution is 2.38. The molecule has 0 saturated heterocycles. The maximum atomic E-state index is 12.9. The molecule has 0 radical (unpaired) electrons. The molecule has 0 atom stereocenters. The third kappa shape index (κ3) is 5.65. The van der Waals surface area contributed by atoms with Crippen molar-refractivity contribution in [3.05, 3.63) is 59.8 Å². The number of phenols is 1. The molecule has 0 spiro atoms. The Labute approximate surface area is 205 Å². The highest BCUT2D eigenvalue weighted by molar-refractivity contribution is 6.04. The number of hydrogen-bond donors (Lipinski definition) is 3. The number of amides is 2. The van der Waals surface area contributed by atoms with Gasteiger partial charge in [-0.25, -0.2) is 4.79 Å². The highest BCUT2D eigenvalue weighted by Gasteiger charge is 2.26. The minimum absolute atomic E-state index is 0.0240. The molecule has 35 heavy (non-hydrogen) atoms. The van der Waals surface area contributed by atoms with E-state index in [4.69, 9.17) is 4.74 Å². The molecule has 1 aliphatic carbocycles. The Kier molecular flexibility index (Phi) is 7.39. The predicted molar refractivity (Wildman–Crippen MR) is 135 cm³/mol. The van der Waals surface area contributed by atoms with Gasteiger partial charge in [-0.05, 0) is 82.1 Å². The topological polar surface area (TPSA) is 105 Å². The summed E-state index contributed by atoms with van der Waals surface area (Å²) in [6, 6.07) is 13.3. The van der Waals surface area contributed by atoms with E-state index in [1.807, 2.05) is 26.8 Å². The van der Waals surface area contributed by atoms with Crippen LogP contribution in [0, 0.1) is 0 Å². The van der Waals surface area contributed by atoms with Crippen LogP contribution in [0.3, 0.4) is 0 Å². The van der Waals surface area contributed by atoms with Gasteiger partial charge < -0.3 is 20.5 Å². The molecule has 0 bridgehead atoms. The second-order valence-electron chi connectivity index (χ2n) is 9.10. The zero-order valence-electron chi connectivity index (χ0n) is 20.4. The van der Waals surface area contributed by atoms with E-state index in [0.29, 0.717) is 34.9 Å². The number of carbonyl (C=O) groups excluding carboxylic acids is 2. The first kappa shape index (κ1) is 24.3. The Balaban J connectivity index is 1.61. The van der Waals surface area contributed by atoms with Gasteiger partial charge in [0.15, 0.2) is 0 Å². The quantitative estimate of drug-likeness (QED) is 0.389. The van der Waals surface area contributed by atoms with Crippen LogP contribution in [0.15, 0.2) is 48.5 Å². The molecule has 0 aliphatic heterocycles. The number of aromatic hydroxyl groups is 1. The summed E-state index contributed by atoms with van der Waals surface area (Å²) < 4.78 is 6.85. The van der Waals surface area contributed by atoms with E-state index >= 15 is 0 Å². The summed E-state index contributed by atoms with van der Waals surface area (Å²) >= 11 is 0. The van der Waals surface area contributed by atoms with Gasteiger partial charge in [0.2, 0.25) is 0 Å². The lowest BCUT2D eigenvalue weighted by atomic mass is 10.0. The first-order chi connectivity index (χ1) is 16.9. The molecule has 1 aliphatic rings. The average Bonchev–Trinajstić information content (AvgIpc) is 3.51. The fraction of sp³-hybridized carbons (Fsp3) is 0.370.